The van der Waals surface area contributed by atoms with E-state index in [1.165, 1.54) is 36.4 Å². The zero-order valence-corrected chi connectivity index (χ0v) is 19.4. The Kier molecular flexibility index (Phi) is 6.75. The fraction of sp³-hybridized carbons (Fsp3) is 0.360. The molecule has 190 valence electrons. The highest BCUT2D eigenvalue weighted by molar-refractivity contribution is 6.10. The van der Waals surface area contributed by atoms with Gasteiger partial charge in [-0.05, 0) is 55.2 Å². The number of imide groups is 1. The number of carbonyl (C=O) groups excluding carboxylic acids is 4. The lowest BCUT2D eigenvalue weighted by Gasteiger charge is -2.36. The van der Waals surface area contributed by atoms with Crippen LogP contribution < -0.4 is 16.0 Å². The number of amides is 5. The minimum atomic E-state index is -4.55. The molecule has 3 N–H and O–H groups in total. The molecule has 1 aliphatic heterocycles. The maximum atomic E-state index is 13.0. The van der Waals surface area contributed by atoms with Gasteiger partial charge in [-0.1, -0.05) is 31.9 Å². The Morgan fingerprint density at radius 1 is 1.06 bits per heavy atom. The van der Waals surface area contributed by atoms with E-state index >= 15 is 0 Å². The molecule has 1 heterocycles. The van der Waals surface area contributed by atoms with Crippen molar-refractivity contribution >= 4 is 35.1 Å². The first-order valence-electron chi connectivity index (χ1n) is 11.5. The second-order valence-corrected chi connectivity index (χ2v) is 9.10. The van der Waals surface area contributed by atoms with E-state index in [0.29, 0.717) is 6.42 Å². The van der Waals surface area contributed by atoms with Crippen LogP contribution in [0, 0.1) is 5.92 Å². The maximum absolute atomic E-state index is 13.0. The smallest absolute Gasteiger partial charge is 0.325 e. The van der Waals surface area contributed by atoms with Crippen LogP contribution in [0.2, 0.25) is 0 Å². The second kappa shape index (κ2) is 9.63. The molecule has 2 atom stereocenters. The zero-order chi connectivity index (χ0) is 26.1. The van der Waals surface area contributed by atoms with Crippen molar-refractivity contribution in [3.63, 3.8) is 0 Å². The lowest BCUT2D eigenvalue weighted by Crippen LogP contribution is -2.54. The predicted octanol–water partition coefficient (Wildman–Crippen LogP) is 4.40. The average Bonchev–Trinajstić information content (AvgIpc) is 3.05. The molecule has 11 heteroatoms. The number of rotatable bonds is 5. The largest absolute Gasteiger partial charge is 0.416 e. The van der Waals surface area contributed by atoms with Crippen LogP contribution in [-0.4, -0.2) is 40.7 Å². The van der Waals surface area contributed by atoms with Crippen molar-refractivity contribution in [2.45, 2.75) is 44.3 Å². The Morgan fingerprint density at radius 2 is 1.75 bits per heavy atom. The van der Waals surface area contributed by atoms with Gasteiger partial charge in [0.15, 0.2) is 0 Å². The van der Waals surface area contributed by atoms with Crippen LogP contribution in [0.15, 0.2) is 48.5 Å². The third kappa shape index (κ3) is 5.05. The quantitative estimate of drug-likeness (QED) is 0.527. The van der Waals surface area contributed by atoms with E-state index in [4.69, 9.17) is 0 Å². The van der Waals surface area contributed by atoms with Gasteiger partial charge in [0, 0.05) is 16.9 Å². The Balaban J connectivity index is 1.40. The first-order valence-corrected chi connectivity index (χ1v) is 11.5. The van der Waals surface area contributed by atoms with Crippen LogP contribution in [0.3, 0.4) is 0 Å². The van der Waals surface area contributed by atoms with Crippen molar-refractivity contribution in [3.05, 3.63) is 59.7 Å². The molecule has 1 aliphatic carbocycles. The summed E-state index contributed by atoms with van der Waals surface area (Å²) in [5.41, 5.74) is -1.59. The number of nitrogens with zero attached hydrogens (tertiary/aromatic N) is 1. The van der Waals surface area contributed by atoms with E-state index in [-0.39, 0.29) is 22.9 Å². The van der Waals surface area contributed by atoms with Gasteiger partial charge in [0.05, 0.1) is 5.56 Å². The molecule has 2 aromatic rings. The molecule has 1 saturated carbocycles. The minimum absolute atomic E-state index is 0.0336. The summed E-state index contributed by atoms with van der Waals surface area (Å²) < 4.78 is 38.8. The molecule has 2 unspecified atom stereocenters. The summed E-state index contributed by atoms with van der Waals surface area (Å²) in [7, 11) is 0. The molecule has 2 fully saturated rings. The number of hydrogen-bond acceptors (Lipinski definition) is 4. The summed E-state index contributed by atoms with van der Waals surface area (Å²) >= 11 is 0. The summed E-state index contributed by atoms with van der Waals surface area (Å²) in [4.78, 5) is 51.6. The summed E-state index contributed by atoms with van der Waals surface area (Å²) in [5.74, 6) is -1.76. The van der Waals surface area contributed by atoms with E-state index in [2.05, 4.69) is 16.0 Å². The molecule has 0 aromatic heterocycles. The Labute approximate surface area is 205 Å². The number of anilines is 2. The van der Waals surface area contributed by atoms with Crippen molar-refractivity contribution in [1.29, 1.82) is 0 Å². The maximum Gasteiger partial charge on any atom is 0.416 e. The van der Waals surface area contributed by atoms with Crippen LogP contribution in [0.4, 0.5) is 29.3 Å². The minimum Gasteiger partial charge on any atom is -0.325 e. The average molecular weight is 502 g/mol. The molecular formula is C25H25F3N4O4. The number of benzene rings is 2. The van der Waals surface area contributed by atoms with E-state index < -0.39 is 47.6 Å². The van der Waals surface area contributed by atoms with Gasteiger partial charge in [0.1, 0.15) is 12.1 Å². The molecule has 0 radical (unpaired) electrons. The number of urea groups is 1. The molecule has 5 amide bonds. The number of alkyl halides is 3. The molecule has 2 aromatic carbocycles. The first-order chi connectivity index (χ1) is 17.0. The SMILES string of the molecule is CC1CCCCC12NC(=O)N(CC(=O)Nc1cccc(C(=O)Nc3cccc(C(F)(F)F)c3)c1)C2=O. The lowest BCUT2D eigenvalue weighted by atomic mass is 9.73. The highest BCUT2D eigenvalue weighted by atomic mass is 19.4. The third-order valence-corrected chi connectivity index (χ3v) is 6.66. The lowest BCUT2D eigenvalue weighted by molar-refractivity contribution is -0.137. The molecular weight excluding hydrogens is 477 g/mol. The fourth-order valence-electron chi connectivity index (χ4n) is 4.70. The van der Waals surface area contributed by atoms with Crippen molar-refractivity contribution < 1.29 is 32.3 Å². The molecule has 1 spiro atoms. The van der Waals surface area contributed by atoms with Crippen LogP contribution in [0.1, 0.15) is 48.5 Å². The molecule has 36 heavy (non-hydrogen) atoms. The van der Waals surface area contributed by atoms with E-state index in [0.717, 1.165) is 36.3 Å². The third-order valence-electron chi connectivity index (χ3n) is 6.66. The highest BCUT2D eigenvalue weighted by Crippen LogP contribution is 2.38. The van der Waals surface area contributed by atoms with Crippen LogP contribution >= 0.6 is 0 Å². The van der Waals surface area contributed by atoms with Gasteiger partial charge in [-0.2, -0.15) is 13.2 Å². The van der Waals surface area contributed by atoms with Gasteiger partial charge >= 0.3 is 12.2 Å². The van der Waals surface area contributed by atoms with E-state index in [1.54, 1.807) is 0 Å². The fourth-order valence-corrected chi connectivity index (χ4v) is 4.70. The first kappa shape index (κ1) is 25.2. The van der Waals surface area contributed by atoms with Gasteiger partial charge in [-0.25, -0.2) is 4.79 Å². The van der Waals surface area contributed by atoms with Gasteiger partial charge in [-0.15, -0.1) is 0 Å². The Hall–Kier alpha value is -3.89. The summed E-state index contributed by atoms with van der Waals surface area (Å²) in [5, 5.41) is 7.74. The van der Waals surface area contributed by atoms with Crippen molar-refractivity contribution in [2.75, 3.05) is 17.2 Å². The number of hydrogen-bond donors (Lipinski definition) is 3. The van der Waals surface area contributed by atoms with Crippen LogP contribution in [0.25, 0.3) is 0 Å². The summed E-state index contributed by atoms with van der Waals surface area (Å²) in [6.07, 6.45) is -1.43. The molecule has 4 rings (SSSR count). The van der Waals surface area contributed by atoms with Crippen LogP contribution in [-0.2, 0) is 15.8 Å². The van der Waals surface area contributed by atoms with Crippen molar-refractivity contribution in [2.24, 2.45) is 5.92 Å². The highest BCUT2D eigenvalue weighted by Gasteiger charge is 2.55. The van der Waals surface area contributed by atoms with E-state index in [9.17, 15) is 32.3 Å². The molecule has 8 nitrogen and oxygen atoms in total. The van der Waals surface area contributed by atoms with E-state index in [1.807, 2.05) is 6.92 Å². The Morgan fingerprint density at radius 3 is 2.44 bits per heavy atom. The molecule has 0 bridgehead atoms. The predicted molar refractivity (Wildman–Crippen MR) is 125 cm³/mol. The van der Waals surface area contributed by atoms with Crippen molar-refractivity contribution in [3.8, 4) is 0 Å². The summed E-state index contributed by atoms with van der Waals surface area (Å²) in [6, 6.07) is 9.40. The Bertz CT molecular complexity index is 1220. The molecule has 1 saturated heterocycles. The van der Waals surface area contributed by atoms with Crippen molar-refractivity contribution in [1.82, 2.24) is 10.2 Å². The van der Waals surface area contributed by atoms with Gasteiger partial charge < -0.3 is 16.0 Å². The van der Waals surface area contributed by atoms with Crippen LogP contribution in [0.5, 0.6) is 0 Å². The zero-order valence-electron chi connectivity index (χ0n) is 19.4. The number of nitrogens with one attached hydrogen (secondary N) is 3. The standard InChI is InChI=1S/C25H25F3N4O4/c1-15-6-2-3-11-24(15)22(35)32(23(36)31-24)14-20(33)29-18-9-4-7-16(12-18)21(34)30-19-10-5-8-17(13-19)25(26,27)28/h4-5,7-10,12-13,15H,2-3,6,11,14H2,1H3,(H,29,33)(H,30,34)(H,31,36). The van der Waals surface area contributed by atoms with Gasteiger partial charge in [0.2, 0.25) is 5.91 Å². The number of carbonyl (C=O) groups is 4. The number of halogens is 3. The van der Waals surface area contributed by atoms with Gasteiger partial charge in [0.25, 0.3) is 11.8 Å². The molecule has 2 aliphatic rings. The normalized spacial score (nSPS) is 21.9. The van der Waals surface area contributed by atoms with Gasteiger partial charge in [-0.3, -0.25) is 19.3 Å². The summed E-state index contributed by atoms with van der Waals surface area (Å²) in [6.45, 7) is 1.43. The second-order valence-electron chi connectivity index (χ2n) is 9.10. The topological polar surface area (TPSA) is 108 Å². The monoisotopic (exact) mass is 502 g/mol.